The van der Waals surface area contributed by atoms with E-state index in [1.54, 1.807) is 0 Å². The molecule has 1 aromatic carbocycles. The number of hydrogen-bond acceptors (Lipinski definition) is 6. The summed E-state index contributed by atoms with van der Waals surface area (Å²) in [5.74, 6) is -0.979. The van der Waals surface area contributed by atoms with Crippen molar-refractivity contribution >= 4 is 23.5 Å². The van der Waals surface area contributed by atoms with Crippen LogP contribution < -0.4 is 0 Å². The van der Waals surface area contributed by atoms with Crippen LogP contribution in [0.2, 0.25) is 0 Å². The quantitative estimate of drug-likeness (QED) is 0.539. The van der Waals surface area contributed by atoms with Gasteiger partial charge in [-0.15, -0.1) is 0 Å². The number of aromatic hydroxyl groups is 2. The van der Waals surface area contributed by atoms with E-state index >= 15 is 0 Å². The highest BCUT2D eigenvalue weighted by Gasteiger charge is 2.10. The molecule has 0 heterocycles. The molecule has 1 aromatic rings. The van der Waals surface area contributed by atoms with Crippen LogP contribution in [0.1, 0.15) is 0 Å². The molecule has 1 rings (SSSR count). The number of benzene rings is 1. The molecule has 0 aliphatic heterocycles. The van der Waals surface area contributed by atoms with Gasteiger partial charge in [-0.1, -0.05) is 0 Å². The number of nitrogens with zero attached hydrogens (tertiary/aromatic N) is 2. The maximum absolute atomic E-state index is 9.93. The van der Waals surface area contributed by atoms with E-state index in [4.69, 9.17) is 5.11 Å². The Morgan fingerprint density at radius 2 is 1.71 bits per heavy atom. The van der Waals surface area contributed by atoms with Gasteiger partial charge in [-0.3, -0.25) is 0 Å². The number of rotatable bonds is 2. The first kappa shape index (κ1) is 9.67. The third kappa shape index (κ3) is 1.67. The number of hydrogen-bond donors (Lipinski definition) is 2. The first-order chi connectivity index (χ1) is 6.70. The number of carbonyl (C=O) groups excluding carboxylic acids is 2. The molecule has 0 saturated carbocycles. The van der Waals surface area contributed by atoms with E-state index in [9.17, 15) is 14.7 Å². The minimum Gasteiger partial charge on any atom is -0.506 e. The van der Waals surface area contributed by atoms with Crippen LogP contribution in [0.25, 0.3) is 0 Å². The van der Waals surface area contributed by atoms with Gasteiger partial charge in [0.1, 0.15) is 11.4 Å². The minimum atomic E-state index is -0.572. The van der Waals surface area contributed by atoms with Gasteiger partial charge in [0.25, 0.3) is 0 Å². The molecule has 0 atom stereocenters. The molecule has 0 aliphatic carbocycles. The normalized spacial score (nSPS) is 8.57. The molecule has 0 aromatic heterocycles. The van der Waals surface area contributed by atoms with Gasteiger partial charge < -0.3 is 10.2 Å². The summed E-state index contributed by atoms with van der Waals surface area (Å²) in [6.07, 6.45) is 2.36. The lowest BCUT2D eigenvalue weighted by atomic mass is 10.2. The SMILES string of the molecule is O=C=Nc1ccc(O)c(N=C=O)c1O. The highest BCUT2D eigenvalue weighted by Crippen LogP contribution is 2.42. The van der Waals surface area contributed by atoms with Crippen molar-refractivity contribution in [2.75, 3.05) is 0 Å². The Kier molecular flexibility index (Phi) is 2.76. The molecule has 14 heavy (non-hydrogen) atoms. The zero-order valence-corrected chi connectivity index (χ0v) is 6.76. The van der Waals surface area contributed by atoms with E-state index < -0.39 is 11.5 Å². The summed E-state index contributed by atoms with van der Waals surface area (Å²) < 4.78 is 0. The summed E-state index contributed by atoms with van der Waals surface area (Å²) in [7, 11) is 0. The van der Waals surface area contributed by atoms with Gasteiger partial charge in [-0.25, -0.2) is 9.59 Å². The summed E-state index contributed by atoms with van der Waals surface area (Å²) in [4.78, 5) is 26.0. The summed E-state index contributed by atoms with van der Waals surface area (Å²) >= 11 is 0. The lowest BCUT2D eigenvalue weighted by Gasteiger charge is -2.01. The molecule has 6 nitrogen and oxygen atoms in total. The fourth-order valence-corrected chi connectivity index (χ4v) is 0.854. The van der Waals surface area contributed by atoms with Crippen molar-refractivity contribution in [1.82, 2.24) is 0 Å². The molecule has 70 valence electrons. The molecule has 0 fully saturated rings. The minimum absolute atomic E-state index is 0.133. The van der Waals surface area contributed by atoms with Crippen LogP contribution in [-0.4, -0.2) is 22.4 Å². The van der Waals surface area contributed by atoms with Crippen molar-refractivity contribution in [1.29, 1.82) is 0 Å². The van der Waals surface area contributed by atoms with Crippen molar-refractivity contribution in [2.24, 2.45) is 9.98 Å². The Balaban J connectivity index is 3.47. The standard InChI is InChI=1S/C8H4N2O4/c11-3-9-5-1-2-6(13)7(8(5)14)10-4-12/h1-2,13-14H. The van der Waals surface area contributed by atoms with Gasteiger partial charge in [0.05, 0.1) is 0 Å². The lowest BCUT2D eigenvalue weighted by Crippen LogP contribution is -1.73. The smallest absolute Gasteiger partial charge is 0.240 e. The largest absolute Gasteiger partial charge is 0.506 e. The molecule has 0 saturated heterocycles. The topological polar surface area (TPSA) is 99.3 Å². The summed E-state index contributed by atoms with van der Waals surface area (Å²) in [6, 6.07) is 2.31. The van der Waals surface area contributed by atoms with Gasteiger partial charge in [-0.05, 0) is 12.1 Å². The first-order valence-electron chi connectivity index (χ1n) is 3.41. The van der Waals surface area contributed by atoms with Crippen LogP contribution in [0, 0.1) is 0 Å². The molecule has 2 N–H and O–H groups in total. The van der Waals surface area contributed by atoms with Crippen molar-refractivity contribution in [3.63, 3.8) is 0 Å². The predicted molar refractivity (Wildman–Crippen MR) is 45.3 cm³/mol. The molecule has 6 heteroatoms. The molecule has 0 unspecified atom stereocenters. The highest BCUT2D eigenvalue weighted by atomic mass is 16.3. The molecular formula is C8H4N2O4. The van der Waals surface area contributed by atoms with Gasteiger partial charge >= 0.3 is 0 Å². The Labute approximate surface area is 77.9 Å². The summed E-state index contributed by atoms with van der Waals surface area (Å²) in [5.41, 5.74) is -0.511. The molecule has 0 spiro atoms. The number of isocyanates is 2. The second kappa shape index (κ2) is 4.00. The van der Waals surface area contributed by atoms with Gasteiger partial charge in [0, 0.05) is 0 Å². The zero-order chi connectivity index (χ0) is 10.6. The fraction of sp³-hybridized carbons (Fsp3) is 0. The average molecular weight is 192 g/mol. The van der Waals surface area contributed by atoms with E-state index in [1.165, 1.54) is 12.1 Å². The molecule has 0 aliphatic rings. The van der Waals surface area contributed by atoms with E-state index in [-0.39, 0.29) is 11.4 Å². The van der Waals surface area contributed by atoms with E-state index in [1.807, 2.05) is 0 Å². The van der Waals surface area contributed by atoms with Gasteiger partial charge in [0.15, 0.2) is 11.4 Å². The van der Waals surface area contributed by atoms with Crippen molar-refractivity contribution in [3.8, 4) is 11.5 Å². The van der Waals surface area contributed by atoms with Gasteiger partial charge in [0.2, 0.25) is 12.2 Å². The Morgan fingerprint density at radius 1 is 1.07 bits per heavy atom. The molecule has 0 bridgehead atoms. The molecule has 0 amide bonds. The maximum Gasteiger partial charge on any atom is 0.240 e. The fourth-order valence-electron chi connectivity index (χ4n) is 0.854. The third-order valence-electron chi connectivity index (χ3n) is 1.43. The van der Waals surface area contributed by atoms with E-state index in [2.05, 4.69) is 9.98 Å². The lowest BCUT2D eigenvalue weighted by molar-refractivity contribution is 0.454. The van der Waals surface area contributed by atoms with Crippen LogP contribution in [-0.2, 0) is 9.59 Å². The second-order valence-electron chi connectivity index (χ2n) is 2.21. The van der Waals surface area contributed by atoms with Crippen LogP contribution in [0.15, 0.2) is 22.1 Å². The highest BCUT2D eigenvalue weighted by molar-refractivity contribution is 5.74. The first-order valence-corrected chi connectivity index (χ1v) is 3.41. The van der Waals surface area contributed by atoms with Gasteiger partial charge in [-0.2, -0.15) is 9.98 Å². The number of phenols is 2. The van der Waals surface area contributed by atoms with Crippen LogP contribution in [0.3, 0.4) is 0 Å². The average Bonchev–Trinajstić information content (AvgIpc) is 2.17. The van der Waals surface area contributed by atoms with E-state index in [0.29, 0.717) is 0 Å². The van der Waals surface area contributed by atoms with Crippen molar-refractivity contribution in [3.05, 3.63) is 12.1 Å². The number of aliphatic imine (C=N–C) groups is 2. The van der Waals surface area contributed by atoms with E-state index in [0.717, 1.165) is 12.1 Å². The Bertz CT molecular complexity index is 457. The van der Waals surface area contributed by atoms with Crippen LogP contribution >= 0.6 is 0 Å². The molecular weight excluding hydrogens is 188 g/mol. The summed E-state index contributed by atoms with van der Waals surface area (Å²) in [6.45, 7) is 0. The molecule has 0 radical (unpaired) electrons. The second-order valence-corrected chi connectivity index (χ2v) is 2.21. The summed E-state index contributed by atoms with van der Waals surface area (Å²) in [5, 5.41) is 18.5. The van der Waals surface area contributed by atoms with Crippen molar-refractivity contribution < 1.29 is 19.8 Å². The monoisotopic (exact) mass is 192 g/mol. The predicted octanol–water partition coefficient (Wildman–Crippen LogP) is 1.03. The third-order valence-corrected chi connectivity index (χ3v) is 1.43. The number of phenolic OH excluding ortho intramolecular Hbond substituents is 2. The maximum atomic E-state index is 9.93. The Hall–Kier alpha value is -2.42. The van der Waals surface area contributed by atoms with Crippen molar-refractivity contribution in [2.45, 2.75) is 0 Å². The zero-order valence-electron chi connectivity index (χ0n) is 6.76. The van der Waals surface area contributed by atoms with Crippen LogP contribution in [0.4, 0.5) is 11.4 Å². The Morgan fingerprint density at radius 3 is 2.29 bits per heavy atom. The van der Waals surface area contributed by atoms with Crippen LogP contribution in [0.5, 0.6) is 11.5 Å².